The molecule has 9 aromatic rings. The van der Waals surface area contributed by atoms with Gasteiger partial charge in [-0.3, -0.25) is 0 Å². The monoisotopic (exact) mass is 883 g/mol. The molecule has 0 heterocycles. The Labute approximate surface area is 403 Å². The van der Waals surface area contributed by atoms with Gasteiger partial charge in [0.25, 0.3) is 0 Å². The third-order valence-corrected chi connectivity index (χ3v) is 12.4. The Morgan fingerprint density at radius 3 is 1.04 bits per heavy atom. The van der Waals surface area contributed by atoms with E-state index in [4.69, 9.17) is 4.74 Å². The number of para-hydroxylation sites is 2. The molecule has 4 heteroatoms. The highest BCUT2D eigenvalue weighted by molar-refractivity contribution is 5.83. The lowest BCUT2D eigenvalue weighted by molar-refractivity contribution is 0.414. The van der Waals surface area contributed by atoms with Crippen molar-refractivity contribution < 1.29 is 4.74 Å². The number of methoxy groups -OCH3 is 1. The Kier molecular flexibility index (Phi) is 13.8. The lowest BCUT2D eigenvalue weighted by Crippen LogP contribution is -2.11. The van der Waals surface area contributed by atoms with Gasteiger partial charge in [0.2, 0.25) is 0 Å². The highest BCUT2D eigenvalue weighted by Gasteiger charge is 2.17. The predicted molar refractivity (Wildman–Crippen MR) is 291 cm³/mol. The normalized spacial score (nSPS) is 11.2. The van der Waals surface area contributed by atoms with E-state index in [-0.39, 0.29) is 0 Å². The van der Waals surface area contributed by atoms with Gasteiger partial charge in [0.05, 0.1) is 7.11 Å². The molecule has 0 bridgehead atoms. The standard InChI is InChI=1S/C64H57N3O/c1-6-50-22-32-57(33-23-50)65(58-34-24-51(25-35-58)18-20-53-28-38-60(39-29-53)66(55-13-9-7-10-14-55)63-43-17-47(2)45-48(63)3)59-36-26-52(27-37-59)19-21-54-30-40-61(41-31-54)67(56-15-11-8-12-16-56)64-44-42-62(68-5)46-49(64)4/h7-46H,6H2,1-5H3/b20-18+,21-19+. The maximum Gasteiger partial charge on any atom is 0.119 e. The van der Waals surface area contributed by atoms with E-state index < -0.39 is 0 Å². The summed E-state index contributed by atoms with van der Waals surface area (Å²) in [5.74, 6) is 0.851. The van der Waals surface area contributed by atoms with Crippen molar-refractivity contribution in [3.63, 3.8) is 0 Å². The first-order chi connectivity index (χ1) is 33.3. The Balaban J connectivity index is 0.918. The number of anilines is 9. The summed E-state index contributed by atoms with van der Waals surface area (Å²) in [6.07, 6.45) is 9.74. The molecule has 334 valence electrons. The predicted octanol–water partition coefficient (Wildman–Crippen LogP) is 17.9. The molecule has 0 atom stereocenters. The Morgan fingerprint density at radius 2 is 0.691 bits per heavy atom. The summed E-state index contributed by atoms with van der Waals surface area (Å²) >= 11 is 0. The SMILES string of the molecule is CCc1ccc(N(c2ccc(/C=C/c3ccc(N(c4ccccc4)c4ccc(C)cc4C)cc3)cc2)c2ccc(/C=C/c3ccc(N(c4ccccc4)c4ccc(OC)cc4C)cc3)cc2)cc1. The first kappa shape index (κ1) is 44.8. The quantitative estimate of drug-likeness (QED) is 0.0955. The van der Waals surface area contributed by atoms with Crippen LogP contribution in [0.3, 0.4) is 0 Å². The molecule has 4 nitrogen and oxygen atoms in total. The average Bonchev–Trinajstić information content (AvgIpc) is 3.39. The second-order valence-electron chi connectivity index (χ2n) is 17.2. The van der Waals surface area contributed by atoms with Gasteiger partial charge < -0.3 is 19.4 Å². The van der Waals surface area contributed by atoms with Crippen molar-refractivity contribution in [1.29, 1.82) is 0 Å². The molecule has 0 radical (unpaired) electrons. The molecule has 68 heavy (non-hydrogen) atoms. The summed E-state index contributed by atoms with van der Waals surface area (Å²) in [6.45, 7) is 8.65. The Hall–Kier alpha value is -8.34. The summed E-state index contributed by atoms with van der Waals surface area (Å²) in [5, 5.41) is 0. The molecule has 0 fully saturated rings. The van der Waals surface area contributed by atoms with Gasteiger partial charge in [-0.05, 0) is 175 Å². The van der Waals surface area contributed by atoms with Gasteiger partial charge in [0.15, 0.2) is 0 Å². The summed E-state index contributed by atoms with van der Waals surface area (Å²) in [7, 11) is 1.71. The van der Waals surface area contributed by atoms with Crippen molar-refractivity contribution >= 4 is 75.5 Å². The van der Waals surface area contributed by atoms with Crippen molar-refractivity contribution in [3.05, 3.63) is 263 Å². The van der Waals surface area contributed by atoms with Crippen molar-refractivity contribution in [3.8, 4) is 5.75 Å². The van der Waals surface area contributed by atoms with Crippen LogP contribution in [0.4, 0.5) is 51.2 Å². The van der Waals surface area contributed by atoms with E-state index in [0.717, 1.165) is 85.5 Å². The third-order valence-electron chi connectivity index (χ3n) is 12.4. The molecular formula is C64H57N3O. The molecule has 0 saturated heterocycles. The Morgan fingerprint density at radius 1 is 0.353 bits per heavy atom. The summed E-state index contributed by atoms with van der Waals surface area (Å²) in [5.41, 5.74) is 19.6. The van der Waals surface area contributed by atoms with Crippen LogP contribution in [0.25, 0.3) is 24.3 Å². The van der Waals surface area contributed by atoms with Crippen molar-refractivity contribution in [2.45, 2.75) is 34.1 Å². The minimum Gasteiger partial charge on any atom is -0.497 e. The molecule has 0 aliphatic heterocycles. The van der Waals surface area contributed by atoms with Gasteiger partial charge in [-0.2, -0.15) is 0 Å². The van der Waals surface area contributed by atoms with Crippen LogP contribution >= 0.6 is 0 Å². The van der Waals surface area contributed by atoms with Crippen LogP contribution in [0.2, 0.25) is 0 Å². The second-order valence-corrected chi connectivity index (χ2v) is 17.2. The molecule has 0 N–H and O–H groups in total. The minimum atomic E-state index is 0.851. The largest absolute Gasteiger partial charge is 0.497 e. The van der Waals surface area contributed by atoms with Crippen molar-refractivity contribution in [1.82, 2.24) is 0 Å². The van der Waals surface area contributed by atoms with Gasteiger partial charge in [-0.1, -0.05) is 146 Å². The minimum absolute atomic E-state index is 0.851. The van der Waals surface area contributed by atoms with E-state index in [1.165, 1.54) is 22.4 Å². The van der Waals surface area contributed by atoms with E-state index in [1.54, 1.807) is 7.11 Å². The fourth-order valence-corrected chi connectivity index (χ4v) is 8.72. The summed E-state index contributed by atoms with van der Waals surface area (Å²) < 4.78 is 5.51. The molecule has 0 saturated carbocycles. The lowest BCUT2D eigenvalue weighted by Gasteiger charge is -2.27. The van der Waals surface area contributed by atoms with Crippen LogP contribution in [0, 0.1) is 20.8 Å². The van der Waals surface area contributed by atoms with Crippen LogP contribution in [0.15, 0.2) is 218 Å². The zero-order chi connectivity index (χ0) is 46.8. The fraction of sp³-hybridized carbons (Fsp3) is 0.0938. The zero-order valence-corrected chi connectivity index (χ0v) is 39.6. The van der Waals surface area contributed by atoms with E-state index in [2.05, 4.69) is 279 Å². The number of hydrogen-bond donors (Lipinski definition) is 0. The van der Waals surface area contributed by atoms with E-state index >= 15 is 0 Å². The second kappa shape index (κ2) is 20.9. The van der Waals surface area contributed by atoms with Crippen LogP contribution < -0.4 is 19.4 Å². The smallest absolute Gasteiger partial charge is 0.119 e. The highest BCUT2D eigenvalue weighted by atomic mass is 16.5. The van der Waals surface area contributed by atoms with Crippen LogP contribution in [0.1, 0.15) is 51.4 Å². The number of benzene rings is 9. The zero-order valence-electron chi connectivity index (χ0n) is 39.6. The van der Waals surface area contributed by atoms with Gasteiger partial charge in [0, 0.05) is 51.2 Å². The molecule has 0 aromatic heterocycles. The number of ether oxygens (including phenoxy) is 1. The van der Waals surface area contributed by atoms with Crippen molar-refractivity contribution in [2.24, 2.45) is 0 Å². The lowest BCUT2D eigenvalue weighted by atomic mass is 10.1. The fourth-order valence-electron chi connectivity index (χ4n) is 8.72. The highest BCUT2D eigenvalue weighted by Crippen LogP contribution is 2.40. The Bertz CT molecular complexity index is 3120. The third kappa shape index (κ3) is 10.4. The van der Waals surface area contributed by atoms with Crippen molar-refractivity contribution in [2.75, 3.05) is 21.8 Å². The van der Waals surface area contributed by atoms with Crippen LogP contribution in [-0.4, -0.2) is 7.11 Å². The maximum atomic E-state index is 5.51. The number of hydrogen-bond acceptors (Lipinski definition) is 4. The van der Waals surface area contributed by atoms with E-state index in [9.17, 15) is 0 Å². The molecule has 0 spiro atoms. The van der Waals surface area contributed by atoms with Gasteiger partial charge >= 0.3 is 0 Å². The van der Waals surface area contributed by atoms with Gasteiger partial charge in [0.1, 0.15) is 5.75 Å². The molecule has 0 amide bonds. The van der Waals surface area contributed by atoms with Crippen LogP contribution in [0.5, 0.6) is 5.75 Å². The molecular weight excluding hydrogens is 827 g/mol. The molecule has 0 aliphatic carbocycles. The first-order valence-electron chi connectivity index (χ1n) is 23.4. The summed E-state index contributed by atoms with van der Waals surface area (Å²) in [6, 6.07) is 78.0. The first-order valence-corrected chi connectivity index (χ1v) is 23.4. The number of aryl methyl sites for hydroxylation is 4. The van der Waals surface area contributed by atoms with Gasteiger partial charge in [-0.25, -0.2) is 0 Å². The average molecular weight is 884 g/mol. The maximum absolute atomic E-state index is 5.51. The number of rotatable bonds is 15. The molecule has 0 aliphatic rings. The molecule has 9 rings (SSSR count). The topological polar surface area (TPSA) is 19.0 Å². The van der Waals surface area contributed by atoms with Gasteiger partial charge in [-0.15, -0.1) is 0 Å². The van der Waals surface area contributed by atoms with E-state index in [0.29, 0.717) is 0 Å². The summed E-state index contributed by atoms with van der Waals surface area (Å²) in [4.78, 5) is 6.95. The molecule has 9 aromatic carbocycles. The van der Waals surface area contributed by atoms with E-state index in [1.807, 2.05) is 6.07 Å². The number of nitrogens with zero attached hydrogens (tertiary/aromatic N) is 3. The van der Waals surface area contributed by atoms with Crippen LogP contribution in [-0.2, 0) is 6.42 Å². The molecule has 0 unspecified atom stereocenters.